The number of anilines is 1. The van der Waals surface area contributed by atoms with E-state index < -0.39 is 5.91 Å². The molecule has 0 atom stereocenters. The van der Waals surface area contributed by atoms with Gasteiger partial charge in [-0.15, -0.1) is 0 Å². The molecule has 0 bridgehead atoms. The molecule has 0 spiro atoms. The fourth-order valence-electron chi connectivity index (χ4n) is 3.22. The lowest BCUT2D eigenvalue weighted by atomic mass is 10.1. The molecule has 0 saturated carbocycles. The van der Waals surface area contributed by atoms with E-state index in [1.807, 2.05) is 12.1 Å². The highest BCUT2D eigenvalue weighted by Gasteiger charge is 2.21. The highest BCUT2D eigenvalue weighted by molar-refractivity contribution is 6.02. The summed E-state index contributed by atoms with van der Waals surface area (Å²) in [5.74, 6) is -0.0185. The summed E-state index contributed by atoms with van der Waals surface area (Å²) in [5, 5.41) is 12.1. The normalized spacial score (nSPS) is 14.7. The zero-order valence-electron chi connectivity index (χ0n) is 15.9. The molecule has 1 N–H and O–H groups in total. The van der Waals surface area contributed by atoms with Crippen molar-refractivity contribution in [2.24, 2.45) is 0 Å². The third-order valence-corrected chi connectivity index (χ3v) is 4.65. The molecular formula is C20H23N5O3. The van der Waals surface area contributed by atoms with E-state index in [4.69, 9.17) is 4.74 Å². The van der Waals surface area contributed by atoms with Gasteiger partial charge in [-0.3, -0.25) is 14.0 Å². The van der Waals surface area contributed by atoms with Gasteiger partial charge in [0.15, 0.2) is 0 Å². The van der Waals surface area contributed by atoms with Crippen LogP contribution < -0.4 is 15.8 Å². The van der Waals surface area contributed by atoms with E-state index in [1.165, 1.54) is 17.6 Å². The molecule has 3 heterocycles. The SMILES string of the molecule is COCCNC(=O)/C(C#N)=C/c1c(N2CCCCC2)nc2ccccn2c1=O. The van der Waals surface area contributed by atoms with Crippen LogP contribution in [0.5, 0.6) is 0 Å². The highest BCUT2D eigenvalue weighted by atomic mass is 16.5. The summed E-state index contributed by atoms with van der Waals surface area (Å²) in [6, 6.07) is 7.23. The standard InChI is InChI=1S/C20H23N5O3/c1-28-12-8-22-19(26)15(14-21)13-16-18(24-9-4-2-5-10-24)23-17-7-3-6-11-25(17)20(16)27/h3,6-7,11,13H,2,4-5,8-10,12H2,1H3,(H,22,26)/b15-13+. The van der Waals surface area contributed by atoms with Gasteiger partial charge in [-0.05, 0) is 37.5 Å². The van der Waals surface area contributed by atoms with E-state index in [2.05, 4.69) is 15.2 Å². The Kier molecular flexibility index (Phi) is 6.40. The molecule has 1 aliphatic heterocycles. The quantitative estimate of drug-likeness (QED) is 0.461. The van der Waals surface area contributed by atoms with Crippen LogP contribution in [-0.2, 0) is 9.53 Å². The third-order valence-electron chi connectivity index (χ3n) is 4.65. The number of hydrogen-bond acceptors (Lipinski definition) is 6. The number of pyridine rings is 1. The largest absolute Gasteiger partial charge is 0.383 e. The van der Waals surface area contributed by atoms with E-state index in [0.717, 1.165) is 32.4 Å². The number of fused-ring (bicyclic) bond motifs is 1. The number of aromatic nitrogens is 2. The number of carbonyl (C=O) groups is 1. The summed E-state index contributed by atoms with van der Waals surface area (Å²) in [6.07, 6.45) is 6.15. The minimum atomic E-state index is -0.540. The zero-order valence-corrected chi connectivity index (χ0v) is 15.9. The first-order chi connectivity index (χ1) is 13.7. The monoisotopic (exact) mass is 381 g/mol. The van der Waals surface area contributed by atoms with Gasteiger partial charge in [0.1, 0.15) is 23.1 Å². The van der Waals surface area contributed by atoms with Gasteiger partial charge in [0.2, 0.25) is 0 Å². The van der Waals surface area contributed by atoms with Crippen molar-refractivity contribution in [3.8, 4) is 6.07 Å². The lowest BCUT2D eigenvalue weighted by molar-refractivity contribution is -0.117. The molecule has 0 aliphatic carbocycles. The molecule has 1 saturated heterocycles. The van der Waals surface area contributed by atoms with Crippen molar-refractivity contribution < 1.29 is 9.53 Å². The Morgan fingerprint density at radius 2 is 2.14 bits per heavy atom. The molecule has 2 aromatic heterocycles. The fourth-order valence-corrected chi connectivity index (χ4v) is 3.22. The van der Waals surface area contributed by atoms with E-state index in [1.54, 1.807) is 18.3 Å². The Bertz CT molecular complexity index is 983. The average Bonchev–Trinajstić information content (AvgIpc) is 2.74. The molecule has 28 heavy (non-hydrogen) atoms. The fraction of sp³-hybridized carbons (Fsp3) is 0.400. The van der Waals surface area contributed by atoms with Crippen molar-refractivity contribution in [3.05, 3.63) is 45.9 Å². The van der Waals surface area contributed by atoms with Gasteiger partial charge < -0.3 is 15.0 Å². The van der Waals surface area contributed by atoms with Crippen LogP contribution in [0.4, 0.5) is 5.82 Å². The van der Waals surface area contributed by atoms with E-state index in [-0.39, 0.29) is 23.2 Å². The first-order valence-electron chi connectivity index (χ1n) is 9.31. The van der Waals surface area contributed by atoms with Crippen molar-refractivity contribution in [3.63, 3.8) is 0 Å². The van der Waals surface area contributed by atoms with Gasteiger partial charge in [-0.1, -0.05) is 6.07 Å². The summed E-state index contributed by atoms with van der Waals surface area (Å²) in [7, 11) is 1.53. The zero-order chi connectivity index (χ0) is 19.9. The van der Waals surface area contributed by atoms with Crippen LogP contribution in [0, 0.1) is 11.3 Å². The molecule has 0 radical (unpaired) electrons. The van der Waals surface area contributed by atoms with Crippen molar-refractivity contribution in [2.45, 2.75) is 19.3 Å². The minimum absolute atomic E-state index is 0.135. The predicted octanol–water partition coefficient (Wildman–Crippen LogP) is 1.35. The van der Waals surface area contributed by atoms with Crippen molar-refractivity contribution >= 4 is 23.4 Å². The summed E-state index contributed by atoms with van der Waals surface area (Å²) in [4.78, 5) is 32.2. The molecule has 3 rings (SSSR count). The van der Waals surface area contributed by atoms with Crippen LogP contribution in [0.1, 0.15) is 24.8 Å². The molecule has 8 nitrogen and oxygen atoms in total. The van der Waals surface area contributed by atoms with E-state index >= 15 is 0 Å². The van der Waals surface area contributed by atoms with Gasteiger partial charge in [-0.25, -0.2) is 4.98 Å². The predicted molar refractivity (Wildman–Crippen MR) is 106 cm³/mol. The van der Waals surface area contributed by atoms with Crippen LogP contribution in [0.2, 0.25) is 0 Å². The van der Waals surface area contributed by atoms with Crippen LogP contribution in [0.25, 0.3) is 11.7 Å². The van der Waals surface area contributed by atoms with Gasteiger partial charge in [0.05, 0.1) is 12.2 Å². The lowest BCUT2D eigenvalue weighted by Crippen LogP contribution is -2.34. The first-order valence-corrected chi connectivity index (χ1v) is 9.31. The Balaban J connectivity index is 2.09. The van der Waals surface area contributed by atoms with E-state index in [0.29, 0.717) is 18.1 Å². The average molecular weight is 381 g/mol. The maximum atomic E-state index is 13.1. The Labute approximate surface area is 163 Å². The van der Waals surface area contributed by atoms with Crippen molar-refractivity contribution in [2.75, 3.05) is 38.3 Å². The highest BCUT2D eigenvalue weighted by Crippen LogP contribution is 2.22. The molecular weight excluding hydrogens is 358 g/mol. The number of piperidine rings is 1. The Morgan fingerprint density at radius 3 is 2.86 bits per heavy atom. The summed E-state index contributed by atoms with van der Waals surface area (Å²) in [6.45, 7) is 2.20. The van der Waals surface area contributed by atoms with Crippen molar-refractivity contribution in [1.82, 2.24) is 14.7 Å². The number of methoxy groups -OCH3 is 1. The summed E-state index contributed by atoms with van der Waals surface area (Å²) >= 11 is 0. The molecule has 146 valence electrons. The first kappa shape index (κ1) is 19.6. The second kappa shape index (κ2) is 9.15. The second-order valence-electron chi connectivity index (χ2n) is 6.55. The smallest absolute Gasteiger partial charge is 0.267 e. The molecule has 8 heteroatoms. The molecule has 1 aliphatic rings. The number of rotatable bonds is 6. The number of amides is 1. The maximum Gasteiger partial charge on any atom is 0.267 e. The van der Waals surface area contributed by atoms with Gasteiger partial charge >= 0.3 is 0 Å². The van der Waals surface area contributed by atoms with Crippen molar-refractivity contribution in [1.29, 1.82) is 5.26 Å². The number of carbonyl (C=O) groups excluding carboxylic acids is 1. The van der Waals surface area contributed by atoms with Gasteiger partial charge in [0, 0.05) is 32.9 Å². The molecule has 0 unspecified atom stereocenters. The Hall–Kier alpha value is -3.18. The van der Waals surface area contributed by atoms with Gasteiger partial charge in [0.25, 0.3) is 11.5 Å². The number of ether oxygens (including phenoxy) is 1. The number of nitriles is 1. The second-order valence-corrected chi connectivity index (χ2v) is 6.55. The molecule has 2 aromatic rings. The van der Waals surface area contributed by atoms with Gasteiger partial charge in [-0.2, -0.15) is 5.26 Å². The number of nitrogens with one attached hydrogen (secondary N) is 1. The number of nitrogens with zero attached hydrogens (tertiary/aromatic N) is 4. The minimum Gasteiger partial charge on any atom is -0.383 e. The van der Waals surface area contributed by atoms with E-state index in [9.17, 15) is 14.9 Å². The Morgan fingerprint density at radius 1 is 1.36 bits per heavy atom. The molecule has 1 amide bonds. The topological polar surface area (TPSA) is 99.7 Å². The molecule has 0 aromatic carbocycles. The van der Waals surface area contributed by atoms with Crippen LogP contribution >= 0.6 is 0 Å². The third kappa shape index (κ3) is 4.21. The van der Waals surface area contributed by atoms with Crippen LogP contribution in [-0.4, -0.2) is 48.6 Å². The number of hydrogen-bond donors (Lipinski definition) is 1. The maximum absolute atomic E-state index is 13.1. The lowest BCUT2D eigenvalue weighted by Gasteiger charge is -2.29. The summed E-state index contributed by atoms with van der Waals surface area (Å²) in [5.41, 5.74) is 0.352. The van der Waals surface area contributed by atoms with Crippen LogP contribution in [0.15, 0.2) is 34.8 Å². The summed E-state index contributed by atoms with van der Waals surface area (Å²) < 4.78 is 6.33. The van der Waals surface area contributed by atoms with Crippen LogP contribution in [0.3, 0.4) is 0 Å². The molecule has 1 fully saturated rings.